The number of carbonyl (C=O) groups is 1. The van der Waals surface area contributed by atoms with Crippen molar-refractivity contribution in [1.29, 1.82) is 0 Å². The molecule has 2 amide bonds. The van der Waals surface area contributed by atoms with E-state index in [1.54, 1.807) is 6.92 Å². The van der Waals surface area contributed by atoms with Crippen LogP contribution >= 0.6 is 11.8 Å². The van der Waals surface area contributed by atoms with Crippen molar-refractivity contribution < 1.29 is 4.79 Å². The number of thioether (sulfide) groups is 1. The Balaban J connectivity index is 1.84. The molecule has 2 rings (SSSR count). The molecule has 2 aromatic rings. The molecule has 0 fully saturated rings. The minimum Gasteiger partial charge on any atom is -0.319 e. The first-order valence-electron chi connectivity index (χ1n) is 7.03. The van der Waals surface area contributed by atoms with Crippen LogP contribution in [-0.4, -0.2) is 21.8 Å². The quantitative estimate of drug-likeness (QED) is 0.420. The van der Waals surface area contributed by atoms with Crippen LogP contribution in [0.2, 0.25) is 0 Å². The summed E-state index contributed by atoms with van der Waals surface area (Å²) < 4.78 is 1.41. The molecule has 8 heteroatoms. The first-order valence-corrected chi connectivity index (χ1v) is 8.25. The number of carbonyl (C=O) groups excluding carboxylic acids is 1. The third-order valence-electron chi connectivity index (χ3n) is 3.02. The first-order chi connectivity index (χ1) is 11.1. The lowest BCUT2D eigenvalue weighted by atomic mass is 10.2. The highest BCUT2D eigenvalue weighted by atomic mass is 32.2. The number of aromatic nitrogens is 2. The maximum atomic E-state index is 12.0. The molecule has 23 heavy (non-hydrogen) atoms. The molecule has 0 atom stereocenters. The Labute approximate surface area is 138 Å². The minimum atomic E-state index is -0.416. The Kier molecular flexibility index (Phi) is 6.19. The van der Waals surface area contributed by atoms with E-state index in [-0.39, 0.29) is 12.2 Å². The summed E-state index contributed by atoms with van der Waals surface area (Å²) in [5, 5.41) is 3.18. The van der Waals surface area contributed by atoms with Gasteiger partial charge in [0.15, 0.2) is 5.16 Å². The molecule has 0 aliphatic carbocycles. The average molecular weight is 333 g/mol. The number of hydrogen-bond donors (Lipinski definition) is 3. The zero-order chi connectivity index (χ0) is 16.7. The summed E-state index contributed by atoms with van der Waals surface area (Å²) in [4.78, 5) is 28.0. The number of amides is 2. The molecule has 0 saturated heterocycles. The Hall–Kier alpha value is -2.32. The highest BCUT2D eigenvalue weighted by Crippen LogP contribution is 2.08. The Morgan fingerprint density at radius 2 is 2.04 bits per heavy atom. The lowest BCUT2D eigenvalue weighted by Gasteiger charge is -2.13. The number of hydrazine groups is 1. The van der Waals surface area contributed by atoms with Crippen LogP contribution in [0.25, 0.3) is 0 Å². The van der Waals surface area contributed by atoms with Gasteiger partial charge < -0.3 is 5.32 Å². The molecule has 0 radical (unpaired) electrons. The van der Waals surface area contributed by atoms with Crippen LogP contribution in [0, 0.1) is 6.92 Å². The zero-order valence-corrected chi connectivity index (χ0v) is 13.8. The third-order valence-corrected chi connectivity index (χ3v) is 3.70. The molecule has 0 aliphatic heterocycles. The second-order valence-corrected chi connectivity index (χ2v) is 5.55. The summed E-state index contributed by atoms with van der Waals surface area (Å²) >= 11 is 1.36. The number of benzene rings is 1. The number of rotatable bonds is 6. The second kappa shape index (κ2) is 8.35. The normalized spacial score (nSPS) is 10.3. The number of nitrogens with one attached hydrogen (secondary N) is 3. The van der Waals surface area contributed by atoms with Crippen molar-refractivity contribution in [2.45, 2.75) is 25.3 Å². The number of urea groups is 1. The molecular formula is C15H19N5O2S. The van der Waals surface area contributed by atoms with E-state index in [1.165, 1.54) is 22.4 Å². The van der Waals surface area contributed by atoms with Crippen molar-refractivity contribution in [3.8, 4) is 0 Å². The molecule has 122 valence electrons. The fourth-order valence-electron chi connectivity index (χ4n) is 1.91. The predicted molar refractivity (Wildman–Crippen MR) is 90.0 cm³/mol. The molecule has 0 spiro atoms. The van der Waals surface area contributed by atoms with Crippen LogP contribution in [-0.2, 0) is 13.2 Å². The minimum absolute atomic E-state index is 0.0567. The molecule has 0 unspecified atom stereocenters. The van der Waals surface area contributed by atoms with Crippen LogP contribution < -0.4 is 21.7 Å². The van der Waals surface area contributed by atoms with Gasteiger partial charge in [-0.25, -0.2) is 15.2 Å². The summed E-state index contributed by atoms with van der Waals surface area (Å²) in [7, 11) is 0. The summed E-state index contributed by atoms with van der Waals surface area (Å²) in [5.41, 5.74) is 6.86. The molecule has 1 aromatic heterocycles. The lowest BCUT2D eigenvalue weighted by Crippen LogP contribution is -2.45. The molecule has 1 heterocycles. The van der Waals surface area contributed by atoms with E-state index in [0.717, 1.165) is 5.56 Å². The van der Waals surface area contributed by atoms with E-state index in [9.17, 15) is 9.59 Å². The lowest BCUT2D eigenvalue weighted by molar-refractivity contribution is 0.232. The summed E-state index contributed by atoms with van der Waals surface area (Å²) in [6.07, 6.45) is 1.83. The fraction of sp³-hybridized carbons (Fsp3) is 0.267. The van der Waals surface area contributed by atoms with E-state index in [4.69, 9.17) is 0 Å². The van der Waals surface area contributed by atoms with Crippen LogP contribution in [0.1, 0.15) is 11.3 Å². The SMILES string of the molecule is CSc1nc(C)cc(=O)n1CNC(=O)NNCc1ccccc1. The molecule has 7 nitrogen and oxygen atoms in total. The van der Waals surface area contributed by atoms with Crippen molar-refractivity contribution in [2.75, 3.05) is 6.26 Å². The van der Waals surface area contributed by atoms with E-state index < -0.39 is 6.03 Å². The van der Waals surface area contributed by atoms with Crippen molar-refractivity contribution >= 4 is 17.8 Å². The molecule has 0 saturated carbocycles. The van der Waals surface area contributed by atoms with Gasteiger partial charge in [-0.05, 0) is 18.7 Å². The molecule has 0 bridgehead atoms. The average Bonchev–Trinajstić information content (AvgIpc) is 2.54. The van der Waals surface area contributed by atoms with Crippen molar-refractivity contribution in [3.05, 3.63) is 58.0 Å². The first kappa shape index (κ1) is 17.0. The fourth-order valence-corrected chi connectivity index (χ4v) is 2.52. The van der Waals surface area contributed by atoms with Gasteiger partial charge in [0.25, 0.3) is 5.56 Å². The Morgan fingerprint density at radius 1 is 1.30 bits per heavy atom. The van der Waals surface area contributed by atoms with Gasteiger partial charge >= 0.3 is 6.03 Å². The summed E-state index contributed by atoms with van der Waals surface area (Å²) in [5.74, 6) is 0. The molecule has 3 N–H and O–H groups in total. The number of nitrogens with zero attached hydrogens (tertiary/aromatic N) is 2. The largest absolute Gasteiger partial charge is 0.330 e. The van der Waals surface area contributed by atoms with Gasteiger partial charge in [0, 0.05) is 18.3 Å². The standard InChI is InChI=1S/C15H19N5O2S/c1-11-8-13(21)20(15(18-11)23-2)10-16-14(22)19-17-9-12-6-4-3-5-7-12/h3-8,17H,9-10H2,1-2H3,(H2,16,19,22). The van der Waals surface area contributed by atoms with Gasteiger partial charge in [-0.1, -0.05) is 42.1 Å². The van der Waals surface area contributed by atoms with E-state index in [2.05, 4.69) is 21.2 Å². The highest BCUT2D eigenvalue weighted by Gasteiger charge is 2.07. The topological polar surface area (TPSA) is 88.0 Å². The smallest absolute Gasteiger partial charge is 0.319 e. The second-order valence-electron chi connectivity index (χ2n) is 4.78. The highest BCUT2D eigenvalue weighted by molar-refractivity contribution is 7.98. The van der Waals surface area contributed by atoms with Gasteiger partial charge in [0.05, 0.1) is 0 Å². The monoisotopic (exact) mass is 333 g/mol. The van der Waals surface area contributed by atoms with E-state index in [0.29, 0.717) is 17.4 Å². The number of hydrogen-bond acceptors (Lipinski definition) is 5. The maximum absolute atomic E-state index is 12.0. The van der Waals surface area contributed by atoms with Crippen LogP contribution in [0.4, 0.5) is 4.79 Å². The zero-order valence-electron chi connectivity index (χ0n) is 13.0. The summed E-state index contributed by atoms with van der Waals surface area (Å²) in [6, 6.07) is 10.7. The Bertz CT molecular complexity index is 718. The van der Waals surface area contributed by atoms with Gasteiger partial charge in [-0.15, -0.1) is 0 Å². The van der Waals surface area contributed by atoms with Gasteiger partial charge in [-0.2, -0.15) is 0 Å². The van der Waals surface area contributed by atoms with Crippen molar-refractivity contribution in [3.63, 3.8) is 0 Å². The van der Waals surface area contributed by atoms with E-state index >= 15 is 0 Å². The van der Waals surface area contributed by atoms with Gasteiger partial charge in [-0.3, -0.25) is 14.8 Å². The van der Waals surface area contributed by atoms with Gasteiger partial charge in [0.1, 0.15) is 6.67 Å². The maximum Gasteiger partial charge on any atom is 0.330 e. The van der Waals surface area contributed by atoms with Gasteiger partial charge in [0.2, 0.25) is 0 Å². The van der Waals surface area contributed by atoms with Crippen LogP contribution in [0.15, 0.2) is 46.3 Å². The molecule has 0 aliphatic rings. The van der Waals surface area contributed by atoms with Crippen molar-refractivity contribution in [2.24, 2.45) is 0 Å². The molecular weight excluding hydrogens is 314 g/mol. The van der Waals surface area contributed by atoms with Crippen LogP contribution in [0.5, 0.6) is 0 Å². The third kappa shape index (κ3) is 5.11. The summed E-state index contributed by atoms with van der Waals surface area (Å²) in [6.45, 7) is 2.33. The van der Waals surface area contributed by atoms with Crippen LogP contribution in [0.3, 0.4) is 0 Å². The molecule has 1 aromatic carbocycles. The number of aryl methyl sites for hydroxylation is 1. The van der Waals surface area contributed by atoms with E-state index in [1.807, 2.05) is 36.6 Å². The predicted octanol–water partition coefficient (Wildman–Crippen LogP) is 1.24. The Morgan fingerprint density at radius 3 is 2.74 bits per heavy atom. The van der Waals surface area contributed by atoms with Crippen molar-refractivity contribution in [1.82, 2.24) is 25.7 Å².